The monoisotopic (exact) mass is 212 g/mol. The van der Waals surface area contributed by atoms with Gasteiger partial charge in [0.2, 0.25) is 0 Å². The Kier molecular flexibility index (Phi) is 3.29. The lowest BCUT2D eigenvalue weighted by atomic mass is 10.2. The van der Waals surface area contributed by atoms with Gasteiger partial charge in [0.1, 0.15) is 5.82 Å². The predicted octanol–water partition coefficient (Wildman–Crippen LogP) is 1.33. The molecule has 76 valence electrons. The molecule has 0 saturated heterocycles. The van der Waals surface area contributed by atoms with Crippen molar-refractivity contribution in [3.8, 4) is 0 Å². The second-order valence-corrected chi connectivity index (χ2v) is 3.50. The molecule has 0 atom stereocenters. The van der Waals surface area contributed by atoms with Crippen LogP contribution in [0.4, 0.5) is 10.5 Å². The van der Waals surface area contributed by atoms with Gasteiger partial charge >= 0.3 is 6.03 Å². The van der Waals surface area contributed by atoms with Crippen LogP contribution in [0.3, 0.4) is 0 Å². The number of urea groups is 1. The zero-order valence-corrected chi connectivity index (χ0v) is 8.90. The molecule has 0 fully saturated rings. The van der Waals surface area contributed by atoms with E-state index in [4.69, 9.17) is 5.73 Å². The Morgan fingerprint density at radius 3 is 2.36 bits per heavy atom. The number of amides is 2. The Morgan fingerprint density at radius 1 is 1.50 bits per heavy atom. The molecular weight excluding hydrogens is 200 g/mol. The van der Waals surface area contributed by atoms with Gasteiger partial charge in [0.15, 0.2) is 0 Å². The lowest BCUT2D eigenvalue weighted by Crippen LogP contribution is -2.27. The minimum atomic E-state index is -0.658. The summed E-state index contributed by atoms with van der Waals surface area (Å²) in [5, 5.41) is 0. The van der Waals surface area contributed by atoms with Crippen LogP contribution < -0.4 is 10.0 Å². The summed E-state index contributed by atoms with van der Waals surface area (Å²) in [6, 6.07) is -0.658. The molecule has 2 amide bonds. The molecule has 0 aliphatic rings. The van der Waals surface area contributed by atoms with Gasteiger partial charge in [-0.2, -0.15) is 0 Å². The fraction of sp³-hybridized carbons (Fsp3) is 0.375. The minimum Gasteiger partial charge on any atom is -0.350 e. The number of nitrogens with zero attached hydrogens (tertiary/aromatic N) is 3. The Hall–Kier alpha value is -1.30. The van der Waals surface area contributed by atoms with E-state index in [1.165, 1.54) is 12.4 Å². The molecule has 14 heavy (non-hydrogen) atoms. The van der Waals surface area contributed by atoms with Crippen molar-refractivity contribution < 1.29 is 4.79 Å². The Labute approximate surface area is 87.9 Å². The fourth-order valence-corrected chi connectivity index (χ4v) is 0.969. The number of hydrogen-bond donors (Lipinski definition) is 2. The third-order valence-electron chi connectivity index (χ3n) is 1.63. The van der Waals surface area contributed by atoms with Crippen LogP contribution in [0.5, 0.6) is 0 Å². The number of anilines is 1. The number of aromatic nitrogens is 2. The molecule has 0 radical (unpaired) electrons. The van der Waals surface area contributed by atoms with Gasteiger partial charge < -0.3 is 5.73 Å². The topological polar surface area (TPSA) is 72.1 Å². The summed E-state index contributed by atoms with van der Waals surface area (Å²) in [5.74, 6) is 0.978. The second-order valence-electron chi connectivity index (χ2n) is 3.10. The largest absolute Gasteiger partial charge is 0.350 e. The predicted molar refractivity (Wildman–Crippen MR) is 57.2 cm³/mol. The highest BCUT2D eigenvalue weighted by atomic mass is 32.1. The van der Waals surface area contributed by atoms with Gasteiger partial charge in [0, 0.05) is 5.92 Å². The maximum atomic E-state index is 10.7. The molecule has 0 aliphatic heterocycles. The first kappa shape index (κ1) is 10.8. The third-order valence-corrected chi connectivity index (χ3v) is 2.06. The second kappa shape index (κ2) is 4.28. The van der Waals surface area contributed by atoms with E-state index in [1.807, 2.05) is 13.8 Å². The van der Waals surface area contributed by atoms with Crippen molar-refractivity contribution in [1.29, 1.82) is 0 Å². The lowest BCUT2D eigenvalue weighted by molar-refractivity contribution is 0.257. The molecule has 6 heteroatoms. The highest BCUT2D eigenvalue weighted by Gasteiger charge is 2.09. The van der Waals surface area contributed by atoms with Crippen LogP contribution in [-0.2, 0) is 0 Å². The highest BCUT2D eigenvalue weighted by Crippen LogP contribution is 2.15. The summed E-state index contributed by atoms with van der Waals surface area (Å²) < 4.78 is 0.990. The standard InChI is InChI=1S/C8H12N4OS/c1-5(2)7-10-3-6(4-11-7)12(14)8(9)13/h3-5,14H,1-2H3,(H2,9,13). The molecule has 0 bridgehead atoms. The number of rotatable bonds is 2. The van der Waals surface area contributed by atoms with E-state index in [0.29, 0.717) is 5.69 Å². The summed E-state index contributed by atoms with van der Waals surface area (Å²) in [5.41, 5.74) is 5.48. The molecule has 5 nitrogen and oxygen atoms in total. The average Bonchev–Trinajstić information content (AvgIpc) is 2.16. The first-order chi connectivity index (χ1) is 6.52. The Morgan fingerprint density at radius 2 is 2.00 bits per heavy atom. The van der Waals surface area contributed by atoms with Crippen LogP contribution in [0.15, 0.2) is 12.4 Å². The number of hydrogen-bond acceptors (Lipinski definition) is 4. The van der Waals surface area contributed by atoms with Gasteiger partial charge in [0.05, 0.1) is 18.1 Å². The van der Waals surface area contributed by atoms with Crippen molar-refractivity contribution in [2.45, 2.75) is 19.8 Å². The van der Waals surface area contributed by atoms with E-state index >= 15 is 0 Å². The summed E-state index contributed by atoms with van der Waals surface area (Å²) in [6.07, 6.45) is 3.03. The van der Waals surface area contributed by atoms with E-state index in [2.05, 4.69) is 22.8 Å². The molecule has 1 heterocycles. The zero-order chi connectivity index (χ0) is 10.7. The maximum absolute atomic E-state index is 10.7. The van der Waals surface area contributed by atoms with Crippen LogP contribution in [0, 0.1) is 0 Å². The smallest absolute Gasteiger partial charge is 0.329 e. The van der Waals surface area contributed by atoms with Crippen LogP contribution in [0.25, 0.3) is 0 Å². The molecule has 2 N–H and O–H groups in total. The molecule has 1 rings (SSSR count). The number of nitrogens with two attached hydrogens (primary N) is 1. The molecule has 0 spiro atoms. The number of carbonyl (C=O) groups is 1. The van der Waals surface area contributed by atoms with E-state index in [9.17, 15) is 4.79 Å². The lowest BCUT2D eigenvalue weighted by Gasteiger charge is -2.12. The van der Waals surface area contributed by atoms with Crippen molar-refractivity contribution >= 4 is 24.5 Å². The zero-order valence-electron chi connectivity index (χ0n) is 8.01. The molecule has 0 aromatic carbocycles. The number of thiol groups is 1. The first-order valence-corrected chi connectivity index (χ1v) is 4.52. The fourth-order valence-electron chi connectivity index (χ4n) is 0.866. The van der Waals surface area contributed by atoms with Crippen LogP contribution >= 0.6 is 12.8 Å². The van der Waals surface area contributed by atoms with Gasteiger partial charge in [0.25, 0.3) is 0 Å². The van der Waals surface area contributed by atoms with Gasteiger partial charge in [-0.25, -0.2) is 19.1 Å². The summed E-state index contributed by atoms with van der Waals surface area (Å²) in [4.78, 5) is 18.9. The minimum absolute atomic E-state index is 0.256. The Bertz CT molecular complexity index is 325. The van der Waals surface area contributed by atoms with E-state index in [1.54, 1.807) is 0 Å². The summed E-state index contributed by atoms with van der Waals surface area (Å²) in [6.45, 7) is 3.98. The van der Waals surface area contributed by atoms with Crippen LogP contribution in [-0.4, -0.2) is 16.0 Å². The van der Waals surface area contributed by atoms with Gasteiger partial charge in [-0.3, -0.25) is 0 Å². The summed E-state index contributed by atoms with van der Waals surface area (Å²) in [7, 11) is 0. The molecule has 0 unspecified atom stereocenters. The quantitative estimate of drug-likeness (QED) is 0.726. The third kappa shape index (κ3) is 2.35. The molecular formula is C8H12N4OS. The molecule has 0 saturated carbocycles. The highest BCUT2D eigenvalue weighted by molar-refractivity contribution is 7.82. The van der Waals surface area contributed by atoms with Crippen LogP contribution in [0.1, 0.15) is 25.6 Å². The van der Waals surface area contributed by atoms with Crippen molar-refractivity contribution in [1.82, 2.24) is 9.97 Å². The SMILES string of the molecule is CC(C)c1ncc(N(S)C(N)=O)cn1. The first-order valence-electron chi connectivity index (χ1n) is 4.12. The van der Waals surface area contributed by atoms with E-state index < -0.39 is 6.03 Å². The molecule has 0 aliphatic carbocycles. The van der Waals surface area contributed by atoms with E-state index in [0.717, 1.165) is 10.1 Å². The van der Waals surface area contributed by atoms with Crippen molar-refractivity contribution in [3.63, 3.8) is 0 Å². The van der Waals surface area contributed by atoms with Gasteiger partial charge in [-0.1, -0.05) is 26.7 Å². The van der Waals surface area contributed by atoms with Gasteiger partial charge in [-0.15, -0.1) is 0 Å². The maximum Gasteiger partial charge on any atom is 0.329 e. The van der Waals surface area contributed by atoms with Crippen molar-refractivity contribution in [3.05, 3.63) is 18.2 Å². The average molecular weight is 212 g/mol. The van der Waals surface area contributed by atoms with Crippen molar-refractivity contribution in [2.75, 3.05) is 4.31 Å². The van der Waals surface area contributed by atoms with Gasteiger partial charge in [-0.05, 0) is 0 Å². The van der Waals surface area contributed by atoms with Crippen LogP contribution in [0.2, 0.25) is 0 Å². The Balaban J connectivity index is 2.88. The number of carbonyl (C=O) groups excluding carboxylic acids is 1. The summed E-state index contributed by atoms with van der Waals surface area (Å²) >= 11 is 3.88. The van der Waals surface area contributed by atoms with E-state index in [-0.39, 0.29) is 5.92 Å². The molecule has 1 aromatic heterocycles. The normalized spacial score (nSPS) is 10.3. The number of primary amides is 1. The molecule has 1 aromatic rings. The van der Waals surface area contributed by atoms with Crippen molar-refractivity contribution in [2.24, 2.45) is 5.73 Å².